The van der Waals surface area contributed by atoms with Crippen LogP contribution >= 0.6 is 0 Å². The number of para-hydroxylation sites is 2. The second kappa shape index (κ2) is 29.1. The molecule has 1 saturated carbocycles. The van der Waals surface area contributed by atoms with E-state index in [-0.39, 0.29) is 46.9 Å². The number of benzene rings is 4. The number of nitrogens with zero attached hydrogens (tertiary/aromatic N) is 8. The van der Waals surface area contributed by atoms with E-state index in [4.69, 9.17) is 9.47 Å². The molecule has 1 aliphatic rings. The Morgan fingerprint density at radius 1 is 0.644 bits per heavy atom. The number of hydrogen-bond acceptors (Lipinski definition) is 16. The van der Waals surface area contributed by atoms with Crippen LogP contribution in [0.3, 0.4) is 0 Å². The minimum Gasteiger partial charge on any atom is -0.480 e. The number of methoxy groups -OCH3 is 1. The molecular formula is C63H63F2N11O13S. The monoisotopic (exact) mass is 1250 g/mol. The van der Waals surface area contributed by atoms with Crippen LogP contribution in [0.15, 0.2) is 158 Å². The number of nitrogens with one attached hydrogen (secondary N) is 3. The van der Waals surface area contributed by atoms with Crippen LogP contribution in [0.4, 0.5) is 14.5 Å². The first-order chi connectivity index (χ1) is 42.9. The molecule has 0 saturated heterocycles. The highest BCUT2D eigenvalue weighted by Crippen LogP contribution is 2.26. The average Bonchev–Trinajstić information content (AvgIpc) is 0.826. The Labute approximate surface area is 512 Å². The molecule has 4 aromatic carbocycles. The zero-order valence-corrected chi connectivity index (χ0v) is 50.5. The first-order valence-electron chi connectivity index (χ1n) is 28.1. The normalized spacial score (nSPS) is 13.0. The number of anilines is 1. The molecule has 90 heavy (non-hydrogen) atoms. The highest BCUT2D eigenvalue weighted by molar-refractivity contribution is 7.92. The molecule has 0 spiro atoms. The van der Waals surface area contributed by atoms with Gasteiger partial charge in [0.05, 0.1) is 32.4 Å². The van der Waals surface area contributed by atoms with E-state index < -0.39 is 79.8 Å². The number of carboxylic acid groups (broad SMARTS) is 1. The lowest BCUT2D eigenvalue weighted by Crippen LogP contribution is -2.43. The lowest BCUT2D eigenvalue weighted by Gasteiger charge is -2.25. The molecule has 2 amide bonds. The predicted octanol–water partition coefficient (Wildman–Crippen LogP) is 5.90. The number of esters is 1. The molecular weight excluding hydrogens is 1190 g/mol. The first kappa shape index (κ1) is 65.6. The van der Waals surface area contributed by atoms with Crippen LogP contribution in [0.2, 0.25) is 0 Å². The number of amides is 2. The Balaban J connectivity index is 0.000000176. The van der Waals surface area contributed by atoms with Crippen LogP contribution in [0.25, 0.3) is 44.6 Å². The van der Waals surface area contributed by atoms with Crippen LogP contribution in [0.5, 0.6) is 0 Å². The lowest BCUT2D eigenvalue weighted by molar-refractivity contribution is -0.154. The average molecular weight is 1250 g/mol. The maximum absolute atomic E-state index is 13.9. The van der Waals surface area contributed by atoms with Crippen LogP contribution < -0.4 is 37.9 Å². The van der Waals surface area contributed by atoms with Gasteiger partial charge in [0.25, 0.3) is 21.1 Å². The van der Waals surface area contributed by atoms with E-state index in [0.717, 1.165) is 53.4 Å². The van der Waals surface area contributed by atoms with Crippen molar-refractivity contribution in [2.24, 2.45) is 14.1 Å². The number of carboxylic acids is 1. The summed E-state index contributed by atoms with van der Waals surface area (Å²) in [6.45, 7) is 4.27. The number of aryl methyl sites for hydroxylation is 3. The van der Waals surface area contributed by atoms with Gasteiger partial charge in [0.1, 0.15) is 48.1 Å². The fraction of sp³-hybridized carbons (Fsp3) is 0.270. The second-order valence-corrected chi connectivity index (χ2v) is 22.7. The quantitative estimate of drug-likeness (QED) is 0.0771. The number of aliphatic carboxylic acids is 1. The molecule has 468 valence electrons. The molecule has 1 aliphatic carbocycles. The van der Waals surface area contributed by atoms with Crippen molar-refractivity contribution < 1.29 is 51.0 Å². The zero-order valence-electron chi connectivity index (χ0n) is 49.7. The van der Waals surface area contributed by atoms with Gasteiger partial charge in [-0.05, 0) is 109 Å². The summed E-state index contributed by atoms with van der Waals surface area (Å²) in [4.78, 5) is 115. The lowest BCUT2D eigenvalue weighted by atomic mass is 9.97. The molecule has 0 unspecified atom stereocenters. The van der Waals surface area contributed by atoms with Gasteiger partial charge in [0.15, 0.2) is 5.82 Å². The number of carbonyl (C=O) groups is 4. The molecule has 24 nitrogen and oxygen atoms in total. The Bertz CT molecular complexity index is 4500. The topological polar surface area (TPSA) is 317 Å². The minimum atomic E-state index is -4.08. The van der Waals surface area contributed by atoms with Crippen molar-refractivity contribution in [1.82, 2.24) is 48.8 Å². The van der Waals surface area contributed by atoms with Crippen LogP contribution in [-0.4, -0.2) is 101 Å². The van der Waals surface area contributed by atoms with Crippen molar-refractivity contribution in [2.45, 2.75) is 95.4 Å². The summed E-state index contributed by atoms with van der Waals surface area (Å²) in [7, 11) is 0.632. The molecule has 0 bridgehead atoms. The second-order valence-electron chi connectivity index (χ2n) is 21.0. The molecule has 10 rings (SSSR count). The number of carbonyl (C=O) groups excluding carboxylic acids is 3. The smallest absolute Gasteiger partial charge is 0.337 e. The van der Waals surface area contributed by atoms with E-state index in [2.05, 4.69) is 35.3 Å². The molecule has 4 N–H and O–H groups in total. The SMILES string of the molecule is CC(=O)N[C@@H](Cc1ccc(-n2c(=O)c3ccccc3n(C)c2=O)nc1)C(=O)O.CC(=O)N[C@@H](Cc1ccc(-n2c(=O)c3ccccc3n(C)c2=O)nc1)C(=O)OC1CCCCC1.COCc1ncc(-c2ccc(S(=O)(=O)Nc3cc(F)c(C)cc3F)cc2)cn1. The van der Waals surface area contributed by atoms with Crippen molar-refractivity contribution in [3.63, 3.8) is 0 Å². The van der Waals surface area contributed by atoms with Crippen LogP contribution in [0.1, 0.15) is 68.5 Å². The van der Waals surface area contributed by atoms with Crippen molar-refractivity contribution in [3.05, 3.63) is 210 Å². The highest BCUT2D eigenvalue weighted by atomic mass is 32.2. The van der Waals surface area contributed by atoms with E-state index in [1.807, 2.05) is 0 Å². The molecule has 1 fully saturated rings. The van der Waals surface area contributed by atoms with Gasteiger partial charge in [-0.25, -0.2) is 65.4 Å². The summed E-state index contributed by atoms with van der Waals surface area (Å²) in [5.74, 6) is -3.14. The third kappa shape index (κ3) is 15.8. The minimum absolute atomic E-state index is 0.0207. The van der Waals surface area contributed by atoms with Crippen molar-refractivity contribution >= 4 is 61.3 Å². The summed E-state index contributed by atoms with van der Waals surface area (Å²) >= 11 is 0. The van der Waals surface area contributed by atoms with Gasteiger partial charge in [0, 0.05) is 84.3 Å². The van der Waals surface area contributed by atoms with Crippen molar-refractivity contribution in [2.75, 3.05) is 11.8 Å². The molecule has 0 radical (unpaired) electrons. The van der Waals surface area contributed by atoms with Gasteiger partial charge in [-0.15, -0.1) is 0 Å². The number of ether oxygens (including phenoxy) is 2. The number of halogens is 2. The number of hydrogen-bond donors (Lipinski definition) is 4. The maximum atomic E-state index is 13.9. The zero-order chi connectivity index (χ0) is 65.0. The summed E-state index contributed by atoms with van der Waals surface area (Å²) in [6, 6.07) is 25.6. The summed E-state index contributed by atoms with van der Waals surface area (Å²) in [6.07, 6.45) is 11.1. The van der Waals surface area contributed by atoms with Gasteiger partial charge in [0.2, 0.25) is 11.8 Å². The number of aromatic nitrogens is 8. The molecule has 0 aliphatic heterocycles. The first-order valence-corrected chi connectivity index (χ1v) is 29.6. The third-order valence-electron chi connectivity index (χ3n) is 14.5. The van der Waals surface area contributed by atoms with Crippen molar-refractivity contribution in [1.29, 1.82) is 0 Å². The Morgan fingerprint density at radius 3 is 1.62 bits per heavy atom. The molecule has 5 heterocycles. The summed E-state index contributed by atoms with van der Waals surface area (Å²) in [5, 5.41) is 15.0. The molecule has 9 aromatic rings. The fourth-order valence-electron chi connectivity index (χ4n) is 9.81. The largest absolute Gasteiger partial charge is 0.480 e. The van der Waals surface area contributed by atoms with Gasteiger partial charge in [-0.2, -0.15) is 0 Å². The standard InChI is InChI=1S/C25H28N4O5.C19H17F2N3O3S.C19H18N4O5/c1-16(30)27-20(24(32)34-18-8-4-3-5-9-18)14-17-12-13-22(26-15-17)29-23(31)19-10-6-7-11-21(19)28(2)25(29)33;1-12-7-17(21)18(8-16(12)20)24-28(25,26)15-5-3-13(4-6-15)14-9-22-19(11-27-2)23-10-14;1-11(24)21-14(18(26)27)9-12-7-8-16(20-10-12)23-17(25)13-5-3-4-6-15(13)22(2)19(23)28/h6-7,10-13,15,18,20H,3-5,8-9,14H2,1-2H3,(H,27,30);3-10,24H,11H2,1-2H3;3-8,10,14H,9H2,1-2H3,(H,21,24)(H,26,27)/t20-;;14-/m0.0/s1. The molecule has 27 heteroatoms. The highest BCUT2D eigenvalue weighted by Gasteiger charge is 2.27. The Morgan fingerprint density at radius 2 is 1.14 bits per heavy atom. The van der Waals surface area contributed by atoms with E-state index in [0.29, 0.717) is 56.5 Å². The van der Waals surface area contributed by atoms with Crippen molar-refractivity contribution in [3.8, 4) is 22.8 Å². The van der Waals surface area contributed by atoms with E-state index in [1.165, 1.54) is 60.5 Å². The van der Waals surface area contributed by atoms with Gasteiger partial charge < -0.3 is 25.2 Å². The number of rotatable bonds is 17. The van der Waals surface area contributed by atoms with E-state index in [1.54, 1.807) is 112 Å². The Hall–Kier alpha value is -10.4. The van der Waals surface area contributed by atoms with Gasteiger partial charge in [-0.1, -0.05) is 55.0 Å². The van der Waals surface area contributed by atoms with E-state index >= 15 is 0 Å². The predicted molar refractivity (Wildman–Crippen MR) is 328 cm³/mol. The van der Waals surface area contributed by atoms with Gasteiger partial charge >= 0.3 is 23.3 Å². The fourth-order valence-corrected chi connectivity index (χ4v) is 10.9. The third-order valence-corrected chi connectivity index (χ3v) is 15.8. The molecule has 5 aromatic heterocycles. The van der Waals surface area contributed by atoms with E-state index in [9.17, 15) is 60.7 Å². The van der Waals surface area contributed by atoms with Gasteiger partial charge in [-0.3, -0.25) is 33.0 Å². The number of fused-ring (bicyclic) bond motifs is 2. The number of pyridine rings is 2. The number of sulfonamides is 1. The maximum Gasteiger partial charge on any atom is 0.337 e. The summed E-state index contributed by atoms with van der Waals surface area (Å²) in [5.41, 5.74) is 1.32. The Kier molecular flexibility index (Phi) is 21.2. The van der Waals surface area contributed by atoms with Crippen LogP contribution in [-0.2, 0) is 72.2 Å². The summed E-state index contributed by atoms with van der Waals surface area (Å²) < 4.78 is 69.9. The van der Waals surface area contributed by atoms with Crippen LogP contribution in [0, 0.1) is 18.6 Å². The molecule has 2 atom stereocenters.